The fourth-order valence-electron chi connectivity index (χ4n) is 2.15. The molecule has 0 radical (unpaired) electrons. The Morgan fingerprint density at radius 2 is 2.06 bits per heavy atom. The molecule has 2 heteroatoms. The summed E-state index contributed by atoms with van der Waals surface area (Å²) in [6.07, 6.45) is 3.49. The largest absolute Gasteiger partial charge is 0.377 e. The van der Waals surface area contributed by atoms with Crippen LogP contribution in [0.2, 0.25) is 0 Å². The summed E-state index contributed by atoms with van der Waals surface area (Å²) in [6, 6.07) is 0.938. The number of hydrogen-bond donors (Lipinski definition) is 1. The molecule has 0 aromatic heterocycles. The van der Waals surface area contributed by atoms with E-state index in [4.69, 9.17) is 4.74 Å². The van der Waals surface area contributed by atoms with E-state index < -0.39 is 0 Å². The summed E-state index contributed by atoms with van der Waals surface area (Å²) in [5.74, 6) is 0.620. The minimum absolute atomic E-state index is 0.242. The van der Waals surface area contributed by atoms with Crippen molar-refractivity contribution in [3.63, 3.8) is 0 Å². The van der Waals surface area contributed by atoms with Gasteiger partial charge in [-0.15, -0.1) is 6.58 Å². The lowest BCUT2D eigenvalue weighted by molar-refractivity contribution is -0.124. The third-order valence-corrected chi connectivity index (χ3v) is 3.63. The van der Waals surface area contributed by atoms with E-state index in [-0.39, 0.29) is 5.41 Å². The van der Waals surface area contributed by atoms with Crippen LogP contribution in [0, 0.1) is 11.3 Å². The van der Waals surface area contributed by atoms with Crippen LogP contribution in [0.15, 0.2) is 12.7 Å². The molecular weight excluding hydrogens is 198 g/mol. The molecule has 0 amide bonds. The fraction of sp³-hybridized carbons (Fsp3) is 0.857. The molecule has 0 heterocycles. The van der Waals surface area contributed by atoms with Gasteiger partial charge in [0.1, 0.15) is 0 Å². The van der Waals surface area contributed by atoms with Crippen molar-refractivity contribution < 1.29 is 4.74 Å². The molecule has 0 aromatic rings. The monoisotopic (exact) mass is 225 g/mol. The average Bonchev–Trinajstić information content (AvgIpc) is 2.21. The van der Waals surface area contributed by atoms with Crippen molar-refractivity contribution in [2.24, 2.45) is 11.3 Å². The highest BCUT2D eigenvalue weighted by Crippen LogP contribution is 2.43. The van der Waals surface area contributed by atoms with Crippen molar-refractivity contribution in [1.82, 2.24) is 5.32 Å². The molecule has 94 valence electrons. The van der Waals surface area contributed by atoms with Crippen LogP contribution in [0.25, 0.3) is 0 Å². The molecule has 1 aliphatic carbocycles. The first kappa shape index (κ1) is 13.7. The van der Waals surface area contributed by atoms with E-state index in [9.17, 15) is 0 Å². The molecular formula is C14H27NO. The van der Waals surface area contributed by atoms with Crippen LogP contribution in [0.5, 0.6) is 0 Å². The van der Waals surface area contributed by atoms with Gasteiger partial charge in [-0.05, 0) is 19.3 Å². The standard InChI is InChI=1S/C14H27NO/c1-7-11(4)15-12-8-13(14(12,5)6)16-9-10(2)3/h7,10-13,15H,1,8-9H2,2-6H3. The van der Waals surface area contributed by atoms with Gasteiger partial charge in [0.2, 0.25) is 0 Å². The molecule has 3 atom stereocenters. The summed E-state index contributed by atoms with van der Waals surface area (Å²) in [5, 5.41) is 3.58. The normalized spacial score (nSPS) is 29.9. The number of hydrogen-bond acceptors (Lipinski definition) is 2. The average molecular weight is 225 g/mol. The Labute approximate surface area is 100 Å². The summed E-state index contributed by atoms with van der Waals surface area (Å²) in [4.78, 5) is 0. The van der Waals surface area contributed by atoms with E-state index >= 15 is 0 Å². The van der Waals surface area contributed by atoms with E-state index in [0.29, 0.717) is 24.1 Å². The Morgan fingerprint density at radius 3 is 2.50 bits per heavy atom. The highest BCUT2D eigenvalue weighted by atomic mass is 16.5. The molecule has 0 bridgehead atoms. The van der Waals surface area contributed by atoms with Crippen LogP contribution in [0.3, 0.4) is 0 Å². The topological polar surface area (TPSA) is 21.3 Å². The Bertz CT molecular complexity index is 235. The van der Waals surface area contributed by atoms with Gasteiger partial charge in [0.05, 0.1) is 6.10 Å². The van der Waals surface area contributed by atoms with Crippen LogP contribution >= 0.6 is 0 Å². The molecule has 0 saturated heterocycles. The van der Waals surface area contributed by atoms with Crippen LogP contribution in [0.1, 0.15) is 41.0 Å². The smallest absolute Gasteiger partial charge is 0.0656 e. The second-order valence-corrected chi connectivity index (χ2v) is 6.02. The maximum atomic E-state index is 5.93. The van der Waals surface area contributed by atoms with Crippen molar-refractivity contribution in [2.75, 3.05) is 6.61 Å². The first-order valence-corrected chi connectivity index (χ1v) is 6.38. The molecule has 1 N–H and O–H groups in total. The van der Waals surface area contributed by atoms with Gasteiger partial charge < -0.3 is 10.1 Å². The molecule has 0 spiro atoms. The van der Waals surface area contributed by atoms with Gasteiger partial charge in [0.15, 0.2) is 0 Å². The van der Waals surface area contributed by atoms with E-state index in [2.05, 4.69) is 46.5 Å². The Morgan fingerprint density at radius 1 is 1.44 bits per heavy atom. The Kier molecular flexibility index (Phi) is 4.57. The lowest BCUT2D eigenvalue weighted by Crippen LogP contribution is -2.62. The zero-order valence-corrected chi connectivity index (χ0v) is 11.4. The fourth-order valence-corrected chi connectivity index (χ4v) is 2.15. The molecule has 1 fully saturated rings. The van der Waals surface area contributed by atoms with Gasteiger partial charge in [-0.2, -0.15) is 0 Å². The molecule has 0 aromatic carbocycles. The SMILES string of the molecule is C=CC(C)NC1CC(OCC(C)C)C1(C)C. The molecule has 2 nitrogen and oxygen atoms in total. The molecule has 0 aliphatic heterocycles. The van der Waals surface area contributed by atoms with Gasteiger partial charge in [-0.1, -0.05) is 33.8 Å². The molecule has 1 saturated carbocycles. The van der Waals surface area contributed by atoms with Crippen LogP contribution in [-0.4, -0.2) is 24.8 Å². The summed E-state index contributed by atoms with van der Waals surface area (Å²) >= 11 is 0. The summed E-state index contributed by atoms with van der Waals surface area (Å²) in [5.41, 5.74) is 0.242. The minimum Gasteiger partial charge on any atom is -0.377 e. The van der Waals surface area contributed by atoms with Crippen molar-refractivity contribution in [2.45, 2.75) is 59.2 Å². The van der Waals surface area contributed by atoms with Gasteiger partial charge in [-0.3, -0.25) is 0 Å². The van der Waals surface area contributed by atoms with Crippen molar-refractivity contribution in [1.29, 1.82) is 0 Å². The maximum Gasteiger partial charge on any atom is 0.0656 e. The van der Waals surface area contributed by atoms with Gasteiger partial charge in [-0.25, -0.2) is 0 Å². The predicted octanol–water partition coefficient (Wildman–Crippen LogP) is 2.99. The zero-order chi connectivity index (χ0) is 12.3. The van der Waals surface area contributed by atoms with E-state index in [1.54, 1.807) is 0 Å². The number of rotatable bonds is 6. The first-order chi connectivity index (χ1) is 7.37. The van der Waals surface area contributed by atoms with E-state index in [1.807, 2.05) is 6.08 Å². The minimum atomic E-state index is 0.242. The zero-order valence-electron chi connectivity index (χ0n) is 11.4. The quantitative estimate of drug-likeness (QED) is 0.702. The Balaban J connectivity index is 2.37. The van der Waals surface area contributed by atoms with E-state index in [1.165, 1.54) is 0 Å². The second-order valence-electron chi connectivity index (χ2n) is 6.02. The lowest BCUT2D eigenvalue weighted by atomic mass is 9.64. The van der Waals surface area contributed by atoms with Crippen LogP contribution in [-0.2, 0) is 4.74 Å². The highest BCUT2D eigenvalue weighted by Gasteiger charge is 2.48. The molecule has 16 heavy (non-hydrogen) atoms. The third kappa shape index (κ3) is 3.08. The first-order valence-electron chi connectivity index (χ1n) is 6.38. The highest BCUT2D eigenvalue weighted by molar-refractivity contribution is 5.04. The summed E-state index contributed by atoms with van der Waals surface area (Å²) < 4.78 is 5.93. The molecule has 3 unspecified atom stereocenters. The second kappa shape index (κ2) is 5.33. The maximum absolute atomic E-state index is 5.93. The Hall–Kier alpha value is -0.340. The van der Waals surface area contributed by atoms with Crippen LogP contribution in [0.4, 0.5) is 0 Å². The van der Waals surface area contributed by atoms with Crippen LogP contribution < -0.4 is 5.32 Å². The molecule has 1 aliphatic rings. The van der Waals surface area contributed by atoms with Gasteiger partial charge in [0, 0.05) is 24.1 Å². The lowest BCUT2D eigenvalue weighted by Gasteiger charge is -2.52. The van der Waals surface area contributed by atoms with Crippen molar-refractivity contribution >= 4 is 0 Å². The van der Waals surface area contributed by atoms with Gasteiger partial charge in [0.25, 0.3) is 0 Å². The van der Waals surface area contributed by atoms with Crippen molar-refractivity contribution in [3.8, 4) is 0 Å². The third-order valence-electron chi connectivity index (χ3n) is 3.63. The van der Waals surface area contributed by atoms with E-state index in [0.717, 1.165) is 13.0 Å². The summed E-state index contributed by atoms with van der Waals surface area (Å²) in [6.45, 7) is 15.8. The summed E-state index contributed by atoms with van der Waals surface area (Å²) in [7, 11) is 0. The van der Waals surface area contributed by atoms with Gasteiger partial charge >= 0.3 is 0 Å². The number of nitrogens with one attached hydrogen (secondary N) is 1. The van der Waals surface area contributed by atoms with Crippen molar-refractivity contribution in [3.05, 3.63) is 12.7 Å². The number of ether oxygens (including phenoxy) is 1. The predicted molar refractivity (Wildman–Crippen MR) is 69.6 cm³/mol. The molecule has 1 rings (SSSR count).